The lowest BCUT2D eigenvalue weighted by molar-refractivity contribution is -0.119. The summed E-state index contributed by atoms with van der Waals surface area (Å²) < 4.78 is 5.55. The Morgan fingerprint density at radius 1 is 1.80 bits per heavy atom. The third-order valence-electron chi connectivity index (χ3n) is 3.17. The van der Waals surface area contributed by atoms with E-state index in [-0.39, 0.29) is 24.6 Å². The molecule has 0 spiro atoms. The summed E-state index contributed by atoms with van der Waals surface area (Å²) in [5.41, 5.74) is 6.32. The fourth-order valence-electron chi connectivity index (χ4n) is 2.06. The second-order valence-corrected chi connectivity index (χ2v) is 5.74. The maximum Gasteiger partial charge on any atom is 0.239 e. The van der Waals surface area contributed by atoms with Crippen molar-refractivity contribution in [3.8, 4) is 6.07 Å². The first-order valence-electron chi connectivity index (χ1n) is 6.47. The van der Waals surface area contributed by atoms with E-state index in [0.29, 0.717) is 30.3 Å². The molecule has 0 saturated carbocycles. The van der Waals surface area contributed by atoms with E-state index in [9.17, 15) is 4.79 Å². The van der Waals surface area contributed by atoms with Gasteiger partial charge in [0, 0.05) is 19.1 Å². The average molecular weight is 294 g/mol. The van der Waals surface area contributed by atoms with Gasteiger partial charge in [0.15, 0.2) is 0 Å². The zero-order chi connectivity index (χ0) is 14.5. The van der Waals surface area contributed by atoms with Crippen molar-refractivity contribution in [2.24, 2.45) is 5.73 Å². The molecule has 0 bridgehead atoms. The van der Waals surface area contributed by atoms with Crippen LogP contribution in [0.3, 0.4) is 0 Å². The van der Waals surface area contributed by atoms with Crippen LogP contribution in [-0.2, 0) is 9.53 Å². The minimum Gasteiger partial charge on any atom is -0.374 e. The number of thiophene rings is 1. The van der Waals surface area contributed by atoms with Gasteiger partial charge in [0.25, 0.3) is 0 Å². The monoisotopic (exact) mass is 294 g/mol. The number of nitrogens with zero attached hydrogens (tertiary/aromatic N) is 2. The molecule has 2 heterocycles. The Kier molecular flexibility index (Phi) is 5.09. The van der Waals surface area contributed by atoms with Gasteiger partial charge in [0.2, 0.25) is 5.91 Å². The number of nitrogens with two attached hydrogens (primary N) is 1. The average Bonchev–Trinajstić information content (AvgIpc) is 2.86. The van der Waals surface area contributed by atoms with Crippen molar-refractivity contribution >= 4 is 22.2 Å². The Bertz CT molecular complexity index is 509. The van der Waals surface area contributed by atoms with Crippen LogP contribution in [0.4, 0.5) is 5.00 Å². The largest absolute Gasteiger partial charge is 0.374 e. The molecule has 2 rings (SSSR count). The van der Waals surface area contributed by atoms with Crippen LogP contribution in [0.2, 0.25) is 0 Å². The standard InChI is InChI=1S/C13H18N4O2S/c1-9(15)11-7-17(3-4-19-11)8-12(18)16-13-10(6-14)2-5-20-13/h2,5,9,11H,3-4,7-8,15H2,1H3,(H,16,18). The van der Waals surface area contributed by atoms with Crippen molar-refractivity contribution in [2.75, 3.05) is 31.6 Å². The third-order valence-corrected chi connectivity index (χ3v) is 4.00. The molecule has 0 aromatic carbocycles. The molecule has 1 aromatic heterocycles. The van der Waals surface area contributed by atoms with Gasteiger partial charge in [-0.3, -0.25) is 9.69 Å². The van der Waals surface area contributed by atoms with Crippen molar-refractivity contribution < 1.29 is 9.53 Å². The molecule has 20 heavy (non-hydrogen) atoms. The van der Waals surface area contributed by atoms with E-state index >= 15 is 0 Å². The number of hydrogen-bond donors (Lipinski definition) is 2. The molecular formula is C13H18N4O2S. The minimum absolute atomic E-state index is 0.0343. The quantitative estimate of drug-likeness (QED) is 0.849. The van der Waals surface area contributed by atoms with Crippen LogP contribution in [0, 0.1) is 11.3 Å². The van der Waals surface area contributed by atoms with Gasteiger partial charge in [-0.25, -0.2) is 0 Å². The highest BCUT2D eigenvalue weighted by molar-refractivity contribution is 7.14. The topological polar surface area (TPSA) is 91.4 Å². The van der Waals surface area contributed by atoms with Gasteiger partial charge in [-0.15, -0.1) is 11.3 Å². The normalized spacial score (nSPS) is 21.1. The van der Waals surface area contributed by atoms with Crippen LogP contribution in [0.1, 0.15) is 12.5 Å². The highest BCUT2D eigenvalue weighted by Crippen LogP contribution is 2.22. The summed E-state index contributed by atoms with van der Waals surface area (Å²) in [4.78, 5) is 14.0. The van der Waals surface area contributed by atoms with E-state index in [4.69, 9.17) is 15.7 Å². The molecule has 6 nitrogen and oxygen atoms in total. The Labute approximate surface area is 122 Å². The van der Waals surface area contributed by atoms with Gasteiger partial charge in [0.05, 0.1) is 24.8 Å². The summed E-state index contributed by atoms with van der Waals surface area (Å²) >= 11 is 1.35. The second-order valence-electron chi connectivity index (χ2n) is 4.83. The maximum absolute atomic E-state index is 12.0. The number of morpholine rings is 1. The Morgan fingerprint density at radius 2 is 2.60 bits per heavy atom. The number of carbonyl (C=O) groups is 1. The number of amides is 1. The molecule has 1 aliphatic heterocycles. The highest BCUT2D eigenvalue weighted by Gasteiger charge is 2.24. The van der Waals surface area contributed by atoms with Gasteiger partial charge < -0.3 is 15.8 Å². The number of hydrogen-bond acceptors (Lipinski definition) is 6. The molecule has 0 aliphatic carbocycles. The first kappa shape index (κ1) is 14.9. The van der Waals surface area contributed by atoms with Crippen LogP contribution in [0.15, 0.2) is 11.4 Å². The van der Waals surface area contributed by atoms with Crippen molar-refractivity contribution in [3.63, 3.8) is 0 Å². The zero-order valence-corrected chi connectivity index (χ0v) is 12.2. The van der Waals surface area contributed by atoms with E-state index in [1.807, 2.05) is 11.8 Å². The fraction of sp³-hybridized carbons (Fsp3) is 0.538. The van der Waals surface area contributed by atoms with Crippen molar-refractivity contribution in [3.05, 3.63) is 17.0 Å². The van der Waals surface area contributed by atoms with E-state index in [0.717, 1.165) is 0 Å². The molecule has 2 unspecified atom stereocenters. The SMILES string of the molecule is CC(N)C1CN(CC(=O)Nc2sccc2C#N)CCO1. The predicted octanol–water partition coefficient (Wildman–Crippen LogP) is 0.606. The number of nitrogens with one attached hydrogen (secondary N) is 1. The molecule has 3 N–H and O–H groups in total. The summed E-state index contributed by atoms with van der Waals surface area (Å²) in [6.45, 7) is 4.14. The fourth-order valence-corrected chi connectivity index (χ4v) is 2.81. The van der Waals surface area contributed by atoms with Gasteiger partial charge in [0.1, 0.15) is 11.1 Å². The summed E-state index contributed by atoms with van der Waals surface area (Å²) in [6, 6.07) is 3.70. The molecule has 1 saturated heterocycles. The summed E-state index contributed by atoms with van der Waals surface area (Å²) in [6.07, 6.45) is -0.0343. The molecule has 2 atom stereocenters. The summed E-state index contributed by atoms with van der Waals surface area (Å²) in [7, 11) is 0. The maximum atomic E-state index is 12.0. The Morgan fingerprint density at radius 3 is 3.30 bits per heavy atom. The molecule has 1 fully saturated rings. The van der Waals surface area contributed by atoms with Crippen LogP contribution in [0.25, 0.3) is 0 Å². The summed E-state index contributed by atoms with van der Waals surface area (Å²) in [5.74, 6) is -0.116. The zero-order valence-electron chi connectivity index (χ0n) is 11.3. The van der Waals surface area contributed by atoms with E-state index in [2.05, 4.69) is 11.4 Å². The predicted molar refractivity (Wildman–Crippen MR) is 77.5 cm³/mol. The van der Waals surface area contributed by atoms with Gasteiger partial charge in [-0.05, 0) is 18.4 Å². The Balaban J connectivity index is 1.87. The van der Waals surface area contributed by atoms with Gasteiger partial charge in [-0.2, -0.15) is 5.26 Å². The van der Waals surface area contributed by atoms with Crippen molar-refractivity contribution in [1.82, 2.24) is 4.90 Å². The first-order valence-corrected chi connectivity index (χ1v) is 7.35. The smallest absolute Gasteiger partial charge is 0.239 e. The Hall–Kier alpha value is -1.46. The molecule has 108 valence electrons. The molecule has 1 aromatic rings. The molecule has 1 aliphatic rings. The molecule has 1 amide bonds. The minimum atomic E-state index is -0.116. The third kappa shape index (κ3) is 3.77. The molecular weight excluding hydrogens is 276 g/mol. The molecule has 0 radical (unpaired) electrons. The van der Waals surface area contributed by atoms with Crippen LogP contribution in [-0.4, -0.2) is 49.2 Å². The number of rotatable bonds is 4. The summed E-state index contributed by atoms with van der Waals surface area (Å²) in [5, 5.41) is 14.1. The van der Waals surface area contributed by atoms with Crippen LogP contribution < -0.4 is 11.1 Å². The number of ether oxygens (including phenoxy) is 1. The number of nitriles is 1. The van der Waals surface area contributed by atoms with Gasteiger partial charge >= 0.3 is 0 Å². The van der Waals surface area contributed by atoms with Crippen molar-refractivity contribution in [1.29, 1.82) is 5.26 Å². The van der Waals surface area contributed by atoms with Crippen molar-refractivity contribution in [2.45, 2.75) is 19.1 Å². The lowest BCUT2D eigenvalue weighted by Gasteiger charge is -2.34. The first-order chi connectivity index (χ1) is 9.60. The number of carbonyl (C=O) groups excluding carboxylic acids is 1. The van der Waals surface area contributed by atoms with E-state index in [1.165, 1.54) is 11.3 Å². The highest BCUT2D eigenvalue weighted by atomic mass is 32.1. The van der Waals surface area contributed by atoms with Gasteiger partial charge in [-0.1, -0.05) is 0 Å². The molecule has 7 heteroatoms. The van der Waals surface area contributed by atoms with Crippen LogP contribution in [0.5, 0.6) is 0 Å². The number of anilines is 1. The van der Waals surface area contributed by atoms with Crippen LogP contribution >= 0.6 is 11.3 Å². The second kappa shape index (κ2) is 6.81. The van der Waals surface area contributed by atoms with E-state index in [1.54, 1.807) is 11.4 Å². The van der Waals surface area contributed by atoms with E-state index < -0.39 is 0 Å². The lowest BCUT2D eigenvalue weighted by Crippen LogP contribution is -2.51. The lowest BCUT2D eigenvalue weighted by atomic mass is 10.1.